The number of benzene rings is 2. The molecule has 0 aliphatic heterocycles. The van der Waals surface area contributed by atoms with Crippen LogP contribution in [-0.4, -0.2) is 19.9 Å². The fourth-order valence-electron chi connectivity index (χ4n) is 2.20. The smallest absolute Gasteiger partial charge is 0.267 e. The largest absolute Gasteiger partial charge is 0.416 e. The molecule has 0 atom stereocenters. The number of rotatable bonds is 5. The van der Waals surface area contributed by atoms with Crippen LogP contribution in [0.15, 0.2) is 53.4 Å². The summed E-state index contributed by atoms with van der Waals surface area (Å²) in [4.78, 5) is 9.71. The van der Waals surface area contributed by atoms with E-state index in [2.05, 4.69) is 0 Å². The summed E-state index contributed by atoms with van der Waals surface area (Å²) in [6.07, 6.45) is -4.60. The minimum atomic E-state index is -4.60. The summed E-state index contributed by atoms with van der Waals surface area (Å²) in [5.41, 5.74) is -1.40. The predicted molar refractivity (Wildman–Crippen MR) is 84.7 cm³/mol. The number of anilines is 1. The van der Waals surface area contributed by atoms with E-state index in [1.807, 2.05) is 0 Å². The lowest BCUT2D eigenvalue weighted by molar-refractivity contribution is -0.384. The van der Waals surface area contributed by atoms with Crippen molar-refractivity contribution in [2.24, 2.45) is 0 Å². The molecule has 0 saturated carbocycles. The second kappa shape index (κ2) is 6.71. The number of non-ortho nitro benzene ring substituents is 1. The molecule has 0 spiro atoms. The van der Waals surface area contributed by atoms with Gasteiger partial charge in [-0.05, 0) is 37.3 Å². The third kappa shape index (κ3) is 3.90. The first kappa shape index (κ1) is 18.7. The normalized spacial score (nSPS) is 12.0. The molecule has 0 unspecified atom stereocenters. The van der Waals surface area contributed by atoms with Crippen LogP contribution in [0.3, 0.4) is 0 Å². The van der Waals surface area contributed by atoms with Gasteiger partial charge >= 0.3 is 6.18 Å². The maximum absolute atomic E-state index is 12.8. The molecule has 0 aliphatic carbocycles. The lowest BCUT2D eigenvalue weighted by Gasteiger charge is -2.23. The number of nitrogens with zero attached hydrogens (tertiary/aromatic N) is 2. The molecule has 0 saturated heterocycles. The van der Waals surface area contributed by atoms with Crippen LogP contribution >= 0.6 is 0 Å². The van der Waals surface area contributed by atoms with Gasteiger partial charge in [-0.3, -0.25) is 14.4 Å². The van der Waals surface area contributed by atoms with Gasteiger partial charge in [-0.25, -0.2) is 8.42 Å². The Labute approximate surface area is 141 Å². The van der Waals surface area contributed by atoms with Crippen molar-refractivity contribution in [3.63, 3.8) is 0 Å². The van der Waals surface area contributed by atoms with E-state index in [1.165, 1.54) is 13.0 Å². The summed E-state index contributed by atoms with van der Waals surface area (Å²) in [5, 5.41) is 10.6. The van der Waals surface area contributed by atoms with Crippen molar-refractivity contribution >= 4 is 21.4 Å². The molecule has 0 aromatic heterocycles. The van der Waals surface area contributed by atoms with E-state index < -0.39 is 26.7 Å². The molecule has 0 amide bonds. The van der Waals surface area contributed by atoms with Crippen LogP contribution in [-0.2, 0) is 16.2 Å². The molecule has 6 nitrogen and oxygen atoms in total. The minimum absolute atomic E-state index is 0.110. The monoisotopic (exact) mass is 374 g/mol. The van der Waals surface area contributed by atoms with Crippen molar-refractivity contribution in [2.75, 3.05) is 10.8 Å². The predicted octanol–water partition coefficient (Wildman–Crippen LogP) is 3.83. The van der Waals surface area contributed by atoms with Crippen LogP contribution in [0.25, 0.3) is 0 Å². The van der Waals surface area contributed by atoms with E-state index in [0.29, 0.717) is 0 Å². The van der Waals surface area contributed by atoms with Crippen LogP contribution in [0.4, 0.5) is 24.5 Å². The Morgan fingerprint density at radius 2 is 1.72 bits per heavy atom. The van der Waals surface area contributed by atoms with E-state index in [9.17, 15) is 31.7 Å². The third-order valence-electron chi connectivity index (χ3n) is 3.38. The highest BCUT2D eigenvalue weighted by molar-refractivity contribution is 7.92. The SMILES string of the molecule is CCN(c1cccc(C(F)(F)F)c1)S(=O)(=O)c1ccc([N+](=O)[O-])cc1. The molecule has 2 rings (SSSR count). The number of nitro benzene ring substituents is 1. The van der Waals surface area contributed by atoms with Crippen molar-refractivity contribution in [3.05, 3.63) is 64.2 Å². The van der Waals surface area contributed by atoms with Crippen molar-refractivity contribution < 1.29 is 26.5 Å². The zero-order valence-electron chi connectivity index (χ0n) is 12.9. The van der Waals surface area contributed by atoms with Crippen LogP contribution < -0.4 is 4.31 Å². The molecule has 2 aromatic carbocycles. The average molecular weight is 374 g/mol. The standard InChI is InChI=1S/C15H13F3N2O4S/c1-2-19(13-5-3-4-11(10-13)15(16,17)18)25(23,24)14-8-6-12(7-9-14)20(21)22/h3-10H,2H2,1H3. The Hall–Kier alpha value is -2.62. The van der Waals surface area contributed by atoms with Gasteiger partial charge in [0, 0.05) is 18.7 Å². The summed E-state index contributed by atoms with van der Waals surface area (Å²) in [6, 6.07) is 8.09. The highest BCUT2D eigenvalue weighted by atomic mass is 32.2. The summed E-state index contributed by atoms with van der Waals surface area (Å²) in [6.45, 7) is 1.36. The average Bonchev–Trinajstić information content (AvgIpc) is 2.55. The van der Waals surface area contributed by atoms with Gasteiger partial charge < -0.3 is 0 Å². The van der Waals surface area contributed by atoms with Crippen LogP contribution in [0, 0.1) is 10.1 Å². The molecule has 134 valence electrons. The Bertz CT molecular complexity index is 880. The highest BCUT2D eigenvalue weighted by Crippen LogP contribution is 2.33. The van der Waals surface area contributed by atoms with E-state index >= 15 is 0 Å². The number of hydrogen-bond acceptors (Lipinski definition) is 4. The van der Waals surface area contributed by atoms with Crippen molar-refractivity contribution in [2.45, 2.75) is 18.0 Å². The second-order valence-electron chi connectivity index (χ2n) is 4.97. The Balaban J connectivity index is 2.47. The maximum Gasteiger partial charge on any atom is 0.416 e. The van der Waals surface area contributed by atoms with Gasteiger partial charge in [0.05, 0.1) is 21.1 Å². The van der Waals surface area contributed by atoms with Crippen LogP contribution in [0.2, 0.25) is 0 Å². The van der Waals surface area contributed by atoms with Gasteiger partial charge in [-0.1, -0.05) is 6.07 Å². The van der Waals surface area contributed by atoms with Crippen LogP contribution in [0.1, 0.15) is 12.5 Å². The fraction of sp³-hybridized carbons (Fsp3) is 0.200. The first-order valence-corrected chi connectivity index (χ1v) is 8.46. The number of sulfonamides is 1. The van der Waals surface area contributed by atoms with Crippen molar-refractivity contribution in [1.82, 2.24) is 0 Å². The molecule has 0 N–H and O–H groups in total. The van der Waals surface area contributed by atoms with Gasteiger partial charge in [0.1, 0.15) is 0 Å². The molecule has 10 heteroatoms. The van der Waals surface area contributed by atoms with Gasteiger partial charge in [0.2, 0.25) is 0 Å². The summed E-state index contributed by atoms with van der Waals surface area (Å²) >= 11 is 0. The first-order chi connectivity index (χ1) is 11.6. The third-order valence-corrected chi connectivity index (χ3v) is 5.30. The summed E-state index contributed by atoms with van der Waals surface area (Å²) in [5.74, 6) is 0. The molecule has 0 fully saturated rings. The molecular formula is C15H13F3N2O4S. The van der Waals surface area contributed by atoms with Crippen molar-refractivity contribution in [1.29, 1.82) is 0 Å². The topological polar surface area (TPSA) is 80.5 Å². The number of halogens is 3. The molecular weight excluding hydrogens is 361 g/mol. The zero-order valence-corrected chi connectivity index (χ0v) is 13.7. The number of alkyl halides is 3. The Morgan fingerprint density at radius 3 is 2.20 bits per heavy atom. The Kier molecular flexibility index (Phi) is 5.02. The molecule has 25 heavy (non-hydrogen) atoms. The lowest BCUT2D eigenvalue weighted by Crippen LogP contribution is -2.31. The minimum Gasteiger partial charge on any atom is -0.267 e. The van der Waals surface area contributed by atoms with E-state index in [0.717, 1.165) is 46.8 Å². The van der Waals surface area contributed by atoms with Crippen LogP contribution in [0.5, 0.6) is 0 Å². The van der Waals surface area contributed by atoms with Gasteiger partial charge in [0.15, 0.2) is 0 Å². The lowest BCUT2D eigenvalue weighted by atomic mass is 10.2. The molecule has 0 aliphatic rings. The quantitative estimate of drug-likeness (QED) is 0.588. The highest BCUT2D eigenvalue weighted by Gasteiger charge is 2.32. The first-order valence-electron chi connectivity index (χ1n) is 7.02. The van der Waals surface area contributed by atoms with Crippen molar-refractivity contribution in [3.8, 4) is 0 Å². The second-order valence-corrected chi connectivity index (χ2v) is 6.83. The maximum atomic E-state index is 12.8. The van der Waals surface area contributed by atoms with Gasteiger partial charge in [-0.2, -0.15) is 13.2 Å². The molecule has 2 aromatic rings. The van der Waals surface area contributed by atoms with E-state index in [4.69, 9.17) is 0 Å². The molecule has 0 heterocycles. The number of nitro groups is 1. The fourth-order valence-corrected chi connectivity index (χ4v) is 3.66. The van der Waals surface area contributed by atoms with E-state index in [-0.39, 0.29) is 22.8 Å². The zero-order chi connectivity index (χ0) is 18.8. The van der Waals surface area contributed by atoms with Gasteiger partial charge in [0.25, 0.3) is 15.7 Å². The van der Waals surface area contributed by atoms with Gasteiger partial charge in [-0.15, -0.1) is 0 Å². The summed E-state index contributed by atoms with van der Waals surface area (Å²) < 4.78 is 64.7. The Morgan fingerprint density at radius 1 is 1.12 bits per heavy atom. The molecule has 0 bridgehead atoms. The van der Waals surface area contributed by atoms with E-state index in [1.54, 1.807) is 0 Å². The summed E-state index contributed by atoms with van der Waals surface area (Å²) in [7, 11) is -4.17. The molecule has 0 radical (unpaired) electrons. The number of hydrogen-bond donors (Lipinski definition) is 0.